The summed E-state index contributed by atoms with van der Waals surface area (Å²) in [7, 11) is 2.11. The molecule has 1 aromatic rings. The van der Waals surface area contributed by atoms with Gasteiger partial charge in [-0.05, 0) is 48.6 Å². The number of aromatic hydroxyl groups is 1. The maximum Gasteiger partial charge on any atom is 0.115 e. The summed E-state index contributed by atoms with van der Waals surface area (Å²) < 4.78 is 0. The summed E-state index contributed by atoms with van der Waals surface area (Å²) in [5.41, 5.74) is 1.40. The van der Waals surface area contributed by atoms with Crippen molar-refractivity contribution in [3.63, 3.8) is 0 Å². The molecule has 0 aliphatic heterocycles. The molecule has 1 rings (SSSR count). The number of rotatable bonds is 8. The van der Waals surface area contributed by atoms with E-state index in [9.17, 15) is 5.11 Å². The van der Waals surface area contributed by atoms with Gasteiger partial charge in [0, 0.05) is 25.8 Å². The van der Waals surface area contributed by atoms with Gasteiger partial charge in [0.25, 0.3) is 0 Å². The fourth-order valence-electron chi connectivity index (χ4n) is 2.33. The molecule has 0 aromatic heterocycles. The highest BCUT2D eigenvalue weighted by Gasteiger charge is 2.24. The van der Waals surface area contributed by atoms with Crippen LogP contribution in [-0.2, 0) is 0 Å². The van der Waals surface area contributed by atoms with Crippen LogP contribution in [0.15, 0.2) is 24.3 Å². The minimum atomic E-state index is 0.252. The number of phenols is 1. The van der Waals surface area contributed by atoms with Crippen molar-refractivity contribution >= 4 is 5.69 Å². The molecule has 0 saturated carbocycles. The summed E-state index contributed by atoms with van der Waals surface area (Å²) in [5.74, 6) is 1.00. The number of hydrogen-bond acceptors (Lipinski definition) is 3. The Bertz CT molecular complexity index is 388. The molecule has 1 atom stereocenters. The van der Waals surface area contributed by atoms with Crippen molar-refractivity contribution in [1.29, 1.82) is 0 Å². The number of phenolic OH excluding ortho intramolecular Hbond substituents is 1. The largest absolute Gasteiger partial charge is 0.508 e. The zero-order valence-corrected chi connectivity index (χ0v) is 13.6. The van der Waals surface area contributed by atoms with Crippen LogP contribution >= 0.6 is 0 Å². The van der Waals surface area contributed by atoms with Gasteiger partial charge in [-0.3, -0.25) is 0 Å². The Hall–Kier alpha value is -1.22. The first kappa shape index (κ1) is 16.8. The van der Waals surface area contributed by atoms with E-state index in [1.54, 1.807) is 12.1 Å². The van der Waals surface area contributed by atoms with Gasteiger partial charge in [0.05, 0.1) is 0 Å². The molecule has 0 heterocycles. The molecule has 0 fully saturated rings. The maximum absolute atomic E-state index is 9.36. The molecule has 0 aliphatic rings. The lowest BCUT2D eigenvalue weighted by molar-refractivity contribution is 0.294. The van der Waals surface area contributed by atoms with Crippen LogP contribution in [0.3, 0.4) is 0 Å². The zero-order chi connectivity index (χ0) is 15.2. The second-order valence-corrected chi connectivity index (χ2v) is 6.56. The van der Waals surface area contributed by atoms with Crippen LogP contribution in [0.25, 0.3) is 0 Å². The van der Waals surface area contributed by atoms with Crippen LogP contribution in [0.4, 0.5) is 5.69 Å². The highest BCUT2D eigenvalue weighted by atomic mass is 16.3. The van der Waals surface area contributed by atoms with E-state index in [0.29, 0.717) is 11.7 Å². The van der Waals surface area contributed by atoms with Crippen LogP contribution in [0.1, 0.15) is 34.1 Å². The third-order valence-electron chi connectivity index (χ3n) is 3.87. The summed E-state index contributed by atoms with van der Waals surface area (Å²) in [6, 6.07) is 7.41. The Balaban J connectivity index is 2.59. The number of benzene rings is 1. The Labute approximate surface area is 124 Å². The summed E-state index contributed by atoms with van der Waals surface area (Å²) in [6.45, 7) is 12.2. The van der Waals surface area contributed by atoms with Crippen molar-refractivity contribution < 1.29 is 5.11 Å². The van der Waals surface area contributed by atoms with E-state index in [4.69, 9.17) is 0 Å². The van der Waals surface area contributed by atoms with Gasteiger partial charge in [0.1, 0.15) is 5.75 Å². The van der Waals surface area contributed by atoms with Crippen LogP contribution in [0.5, 0.6) is 5.75 Å². The maximum atomic E-state index is 9.36. The van der Waals surface area contributed by atoms with Crippen molar-refractivity contribution in [2.24, 2.45) is 11.3 Å². The van der Waals surface area contributed by atoms with E-state index in [-0.39, 0.29) is 5.41 Å². The van der Waals surface area contributed by atoms with Gasteiger partial charge < -0.3 is 15.3 Å². The van der Waals surface area contributed by atoms with Gasteiger partial charge in [-0.15, -0.1) is 0 Å². The summed E-state index contributed by atoms with van der Waals surface area (Å²) in [6.07, 6.45) is 1.14. The Morgan fingerprint density at radius 2 is 1.85 bits per heavy atom. The smallest absolute Gasteiger partial charge is 0.115 e. The number of nitrogens with zero attached hydrogens (tertiary/aromatic N) is 1. The van der Waals surface area contributed by atoms with Crippen molar-refractivity contribution in [3.05, 3.63) is 24.3 Å². The van der Waals surface area contributed by atoms with E-state index in [1.165, 1.54) is 0 Å². The molecule has 1 aromatic carbocycles. The number of nitrogens with one attached hydrogen (secondary N) is 1. The molecule has 2 N–H and O–H groups in total. The highest BCUT2D eigenvalue weighted by Crippen LogP contribution is 2.25. The average molecular weight is 278 g/mol. The van der Waals surface area contributed by atoms with Gasteiger partial charge >= 0.3 is 0 Å². The van der Waals surface area contributed by atoms with E-state index in [0.717, 1.165) is 31.7 Å². The fourth-order valence-corrected chi connectivity index (χ4v) is 2.33. The highest BCUT2D eigenvalue weighted by molar-refractivity contribution is 5.48. The topological polar surface area (TPSA) is 35.5 Å². The summed E-state index contributed by atoms with van der Waals surface area (Å²) in [4.78, 5) is 2.26. The molecule has 3 nitrogen and oxygen atoms in total. The second kappa shape index (κ2) is 7.53. The fraction of sp³-hybridized carbons (Fsp3) is 0.647. The lowest BCUT2D eigenvalue weighted by Gasteiger charge is -2.34. The molecule has 114 valence electrons. The monoisotopic (exact) mass is 278 g/mol. The van der Waals surface area contributed by atoms with Gasteiger partial charge in [0.15, 0.2) is 0 Å². The number of anilines is 1. The van der Waals surface area contributed by atoms with Gasteiger partial charge in [-0.2, -0.15) is 0 Å². The quantitative estimate of drug-likeness (QED) is 0.764. The Kier molecular flexibility index (Phi) is 6.34. The van der Waals surface area contributed by atoms with Crippen LogP contribution in [0, 0.1) is 11.3 Å². The van der Waals surface area contributed by atoms with Gasteiger partial charge in [-0.1, -0.05) is 27.7 Å². The van der Waals surface area contributed by atoms with E-state index < -0.39 is 0 Å². The Morgan fingerprint density at radius 3 is 2.35 bits per heavy atom. The predicted molar refractivity (Wildman–Crippen MR) is 87.5 cm³/mol. The summed E-state index contributed by atoms with van der Waals surface area (Å²) in [5, 5.41) is 12.9. The summed E-state index contributed by atoms with van der Waals surface area (Å²) >= 11 is 0. The Morgan fingerprint density at radius 1 is 1.25 bits per heavy atom. The molecule has 0 bridgehead atoms. The first-order valence-corrected chi connectivity index (χ1v) is 7.57. The van der Waals surface area contributed by atoms with Crippen LogP contribution in [-0.4, -0.2) is 31.8 Å². The molecular weight excluding hydrogens is 248 g/mol. The standard InChI is InChI=1S/C17H30N2O/c1-6-17(4,12-18-11-14(2)3)13-19(5)15-7-9-16(20)10-8-15/h7-10,14,18,20H,6,11-13H2,1-5H3. The first-order valence-electron chi connectivity index (χ1n) is 7.57. The van der Waals surface area contributed by atoms with Crippen LogP contribution in [0.2, 0.25) is 0 Å². The molecule has 1 unspecified atom stereocenters. The molecule has 0 amide bonds. The third-order valence-corrected chi connectivity index (χ3v) is 3.87. The van der Waals surface area contributed by atoms with Crippen molar-refractivity contribution in [2.75, 3.05) is 31.6 Å². The lowest BCUT2D eigenvalue weighted by atomic mass is 9.86. The SMILES string of the molecule is CCC(C)(CNCC(C)C)CN(C)c1ccc(O)cc1. The minimum absolute atomic E-state index is 0.252. The molecule has 20 heavy (non-hydrogen) atoms. The molecular formula is C17H30N2O. The second-order valence-electron chi connectivity index (χ2n) is 6.56. The van der Waals surface area contributed by atoms with Crippen molar-refractivity contribution in [3.8, 4) is 5.75 Å². The van der Waals surface area contributed by atoms with E-state index in [2.05, 4.69) is 45.0 Å². The molecule has 0 radical (unpaired) electrons. The zero-order valence-electron chi connectivity index (χ0n) is 13.6. The van der Waals surface area contributed by atoms with Gasteiger partial charge in [-0.25, -0.2) is 0 Å². The molecule has 0 saturated heterocycles. The average Bonchev–Trinajstić information content (AvgIpc) is 2.39. The van der Waals surface area contributed by atoms with Crippen LogP contribution < -0.4 is 10.2 Å². The molecule has 0 aliphatic carbocycles. The number of hydrogen-bond donors (Lipinski definition) is 2. The van der Waals surface area contributed by atoms with Crippen molar-refractivity contribution in [1.82, 2.24) is 5.32 Å². The molecule has 3 heteroatoms. The minimum Gasteiger partial charge on any atom is -0.508 e. The molecule has 0 spiro atoms. The lowest BCUT2D eigenvalue weighted by Crippen LogP contribution is -2.41. The van der Waals surface area contributed by atoms with E-state index >= 15 is 0 Å². The third kappa shape index (κ3) is 5.41. The van der Waals surface area contributed by atoms with Crippen molar-refractivity contribution in [2.45, 2.75) is 34.1 Å². The normalized spacial score (nSPS) is 14.3. The van der Waals surface area contributed by atoms with Gasteiger partial charge in [0.2, 0.25) is 0 Å². The van der Waals surface area contributed by atoms with E-state index in [1.807, 2.05) is 12.1 Å². The first-order chi connectivity index (χ1) is 9.36. The predicted octanol–water partition coefficient (Wildman–Crippen LogP) is 3.49.